The standard InChI is InChI=1S/C17H19NO3/c1-18(10-4-7-17(20)21)16(19)12-13-8-9-14-5-2-3-6-15(14)11-13/h2-3,5-6,8-9,11H,4,7,10,12H2,1H3,(H,20,21). The van der Waals surface area contributed by atoms with Gasteiger partial charge in [0.05, 0.1) is 6.42 Å². The van der Waals surface area contributed by atoms with Crippen LogP contribution in [0.1, 0.15) is 18.4 Å². The van der Waals surface area contributed by atoms with Gasteiger partial charge >= 0.3 is 5.97 Å². The van der Waals surface area contributed by atoms with Crippen molar-refractivity contribution in [2.24, 2.45) is 0 Å². The molecule has 0 spiro atoms. The van der Waals surface area contributed by atoms with E-state index in [1.165, 1.54) is 0 Å². The van der Waals surface area contributed by atoms with E-state index in [1.54, 1.807) is 11.9 Å². The quantitative estimate of drug-likeness (QED) is 0.887. The van der Waals surface area contributed by atoms with Crippen molar-refractivity contribution in [2.75, 3.05) is 13.6 Å². The van der Waals surface area contributed by atoms with E-state index in [-0.39, 0.29) is 12.3 Å². The second kappa shape index (κ2) is 6.88. The summed E-state index contributed by atoms with van der Waals surface area (Å²) in [6.07, 6.45) is 0.914. The highest BCUT2D eigenvalue weighted by atomic mass is 16.4. The summed E-state index contributed by atoms with van der Waals surface area (Å²) in [5, 5.41) is 10.9. The van der Waals surface area contributed by atoms with Gasteiger partial charge < -0.3 is 10.0 Å². The summed E-state index contributed by atoms with van der Waals surface area (Å²) in [7, 11) is 1.71. The van der Waals surface area contributed by atoms with Crippen LogP contribution in [0.4, 0.5) is 0 Å². The second-order valence-corrected chi connectivity index (χ2v) is 5.17. The maximum absolute atomic E-state index is 12.1. The molecule has 2 aromatic rings. The Hall–Kier alpha value is -2.36. The summed E-state index contributed by atoms with van der Waals surface area (Å²) in [5.74, 6) is -0.818. The van der Waals surface area contributed by atoms with Crippen LogP contribution in [0, 0.1) is 0 Å². The number of carboxylic acid groups (broad SMARTS) is 1. The van der Waals surface area contributed by atoms with E-state index < -0.39 is 5.97 Å². The number of carbonyl (C=O) groups excluding carboxylic acids is 1. The predicted molar refractivity (Wildman–Crippen MR) is 82.2 cm³/mol. The lowest BCUT2D eigenvalue weighted by Crippen LogP contribution is -2.29. The average molecular weight is 285 g/mol. The smallest absolute Gasteiger partial charge is 0.303 e. The summed E-state index contributed by atoms with van der Waals surface area (Å²) in [5.41, 5.74) is 0.976. The van der Waals surface area contributed by atoms with Crippen LogP contribution in [0.25, 0.3) is 10.8 Å². The van der Waals surface area contributed by atoms with Gasteiger partial charge in [0.1, 0.15) is 0 Å². The van der Waals surface area contributed by atoms with Gasteiger partial charge in [0.15, 0.2) is 0 Å². The van der Waals surface area contributed by atoms with Gasteiger partial charge in [0, 0.05) is 20.0 Å². The van der Waals surface area contributed by atoms with E-state index >= 15 is 0 Å². The normalized spacial score (nSPS) is 10.5. The van der Waals surface area contributed by atoms with Crippen molar-refractivity contribution in [3.05, 3.63) is 48.0 Å². The van der Waals surface area contributed by atoms with Crippen LogP contribution in [0.15, 0.2) is 42.5 Å². The molecule has 2 aromatic carbocycles. The Morgan fingerprint density at radius 2 is 1.81 bits per heavy atom. The van der Waals surface area contributed by atoms with Gasteiger partial charge in [0.2, 0.25) is 5.91 Å². The molecule has 110 valence electrons. The zero-order chi connectivity index (χ0) is 15.2. The first kappa shape index (κ1) is 15.0. The van der Waals surface area contributed by atoms with E-state index in [1.807, 2.05) is 42.5 Å². The lowest BCUT2D eigenvalue weighted by molar-refractivity contribution is -0.138. The van der Waals surface area contributed by atoms with E-state index in [2.05, 4.69) is 0 Å². The monoisotopic (exact) mass is 285 g/mol. The molecule has 21 heavy (non-hydrogen) atoms. The highest BCUT2D eigenvalue weighted by Gasteiger charge is 2.10. The summed E-state index contributed by atoms with van der Waals surface area (Å²) in [6, 6.07) is 14.0. The molecular formula is C17H19NO3. The third-order valence-electron chi connectivity index (χ3n) is 3.48. The van der Waals surface area contributed by atoms with Gasteiger partial charge in [-0.05, 0) is 22.8 Å². The fraction of sp³-hybridized carbons (Fsp3) is 0.294. The molecule has 0 aliphatic heterocycles. The number of nitrogens with zero attached hydrogens (tertiary/aromatic N) is 1. The number of amides is 1. The molecule has 0 saturated heterocycles. The molecule has 0 fully saturated rings. The first-order chi connectivity index (χ1) is 10.1. The number of aliphatic carboxylic acids is 1. The Kier molecular flexibility index (Phi) is 4.93. The molecule has 0 aliphatic rings. The summed E-state index contributed by atoms with van der Waals surface area (Å²) in [4.78, 5) is 24.2. The molecule has 0 radical (unpaired) electrons. The van der Waals surface area contributed by atoms with Crippen molar-refractivity contribution in [1.82, 2.24) is 4.90 Å². The van der Waals surface area contributed by atoms with Crippen LogP contribution in [0.3, 0.4) is 0 Å². The zero-order valence-corrected chi connectivity index (χ0v) is 12.1. The first-order valence-corrected chi connectivity index (χ1v) is 6.99. The maximum Gasteiger partial charge on any atom is 0.303 e. The van der Waals surface area contributed by atoms with Crippen molar-refractivity contribution >= 4 is 22.6 Å². The van der Waals surface area contributed by atoms with Gasteiger partial charge in [-0.15, -0.1) is 0 Å². The molecule has 0 atom stereocenters. The summed E-state index contributed by atoms with van der Waals surface area (Å²) in [6.45, 7) is 0.471. The minimum absolute atomic E-state index is 0.00988. The molecule has 0 bridgehead atoms. The summed E-state index contributed by atoms with van der Waals surface area (Å²) >= 11 is 0. The molecule has 0 aromatic heterocycles. The number of benzene rings is 2. The SMILES string of the molecule is CN(CCCC(=O)O)C(=O)Cc1ccc2ccccc2c1. The highest BCUT2D eigenvalue weighted by molar-refractivity contribution is 5.85. The van der Waals surface area contributed by atoms with Crippen LogP contribution < -0.4 is 0 Å². The molecule has 2 rings (SSSR count). The van der Waals surface area contributed by atoms with E-state index in [9.17, 15) is 9.59 Å². The predicted octanol–water partition coefficient (Wildman–Crippen LogP) is 2.71. The fourth-order valence-electron chi connectivity index (χ4n) is 2.25. The third-order valence-corrected chi connectivity index (χ3v) is 3.48. The average Bonchev–Trinajstić information content (AvgIpc) is 2.46. The number of likely N-dealkylation sites (N-methyl/N-ethyl adjacent to an activating group) is 1. The Morgan fingerprint density at radius 1 is 1.10 bits per heavy atom. The molecule has 4 nitrogen and oxygen atoms in total. The molecule has 1 amide bonds. The zero-order valence-electron chi connectivity index (χ0n) is 12.1. The first-order valence-electron chi connectivity index (χ1n) is 6.99. The van der Waals surface area contributed by atoms with E-state index in [4.69, 9.17) is 5.11 Å². The number of hydrogen-bond acceptors (Lipinski definition) is 2. The van der Waals surface area contributed by atoms with Crippen LogP contribution >= 0.6 is 0 Å². The maximum atomic E-state index is 12.1. The van der Waals surface area contributed by atoms with Gasteiger partial charge in [-0.3, -0.25) is 9.59 Å². The third kappa shape index (κ3) is 4.31. The number of carboxylic acids is 1. The van der Waals surface area contributed by atoms with Crippen molar-refractivity contribution in [3.63, 3.8) is 0 Å². The largest absolute Gasteiger partial charge is 0.481 e. The van der Waals surface area contributed by atoms with Crippen LogP contribution in [-0.4, -0.2) is 35.5 Å². The van der Waals surface area contributed by atoms with E-state index in [0.717, 1.165) is 16.3 Å². The molecule has 1 N–H and O–H groups in total. The van der Waals surface area contributed by atoms with Crippen molar-refractivity contribution in [2.45, 2.75) is 19.3 Å². The molecule has 0 unspecified atom stereocenters. The van der Waals surface area contributed by atoms with Gasteiger partial charge in [0.25, 0.3) is 0 Å². The number of fused-ring (bicyclic) bond motifs is 1. The van der Waals surface area contributed by atoms with Crippen molar-refractivity contribution < 1.29 is 14.7 Å². The molecule has 0 aliphatic carbocycles. The fourth-order valence-corrected chi connectivity index (χ4v) is 2.25. The Morgan fingerprint density at radius 3 is 2.52 bits per heavy atom. The van der Waals surface area contributed by atoms with Gasteiger partial charge in [-0.1, -0.05) is 42.5 Å². The topological polar surface area (TPSA) is 57.6 Å². The van der Waals surface area contributed by atoms with E-state index in [0.29, 0.717) is 19.4 Å². The van der Waals surface area contributed by atoms with Crippen molar-refractivity contribution in [3.8, 4) is 0 Å². The number of hydrogen-bond donors (Lipinski definition) is 1. The lowest BCUT2D eigenvalue weighted by Gasteiger charge is -2.16. The van der Waals surface area contributed by atoms with Gasteiger partial charge in [-0.2, -0.15) is 0 Å². The second-order valence-electron chi connectivity index (χ2n) is 5.17. The molecule has 4 heteroatoms. The molecular weight excluding hydrogens is 266 g/mol. The number of carbonyl (C=O) groups is 2. The Balaban J connectivity index is 1.95. The molecule has 0 heterocycles. The van der Waals surface area contributed by atoms with Crippen LogP contribution in [0.2, 0.25) is 0 Å². The Labute approximate surface area is 124 Å². The van der Waals surface area contributed by atoms with Crippen LogP contribution in [0.5, 0.6) is 0 Å². The Bertz CT molecular complexity index is 651. The number of rotatable bonds is 6. The minimum atomic E-state index is -0.828. The lowest BCUT2D eigenvalue weighted by atomic mass is 10.0. The van der Waals surface area contributed by atoms with Crippen molar-refractivity contribution in [1.29, 1.82) is 0 Å². The minimum Gasteiger partial charge on any atom is -0.481 e. The van der Waals surface area contributed by atoms with Crippen LogP contribution in [-0.2, 0) is 16.0 Å². The highest BCUT2D eigenvalue weighted by Crippen LogP contribution is 2.16. The molecule has 0 saturated carbocycles. The van der Waals surface area contributed by atoms with Gasteiger partial charge in [-0.25, -0.2) is 0 Å². The summed E-state index contributed by atoms with van der Waals surface area (Å²) < 4.78 is 0.